The minimum absolute atomic E-state index is 0.00142. The molecule has 2 aliphatic rings. The van der Waals surface area contributed by atoms with Crippen LogP contribution in [0, 0.1) is 11.3 Å². The molecule has 1 aliphatic heterocycles. The Morgan fingerprint density at radius 1 is 1.00 bits per heavy atom. The highest BCUT2D eigenvalue weighted by Gasteiger charge is 2.72. The van der Waals surface area contributed by atoms with Crippen LogP contribution >= 0.6 is 0 Å². The van der Waals surface area contributed by atoms with Gasteiger partial charge in [-0.15, -0.1) is 0 Å². The van der Waals surface area contributed by atoms with Crippen molar-refractivity contribution >= 4 is 9.84 Å². The number of nitriles is 1. The molecular formula is C15H16F7NO4S. The van der Waals surface area contributed by atoms with Gasteiger partial charge in [0.1, 0.15) is 11.0 Å². The molecule has 1 heterocycles. The van der Waals surface area contributed by atoms with E-state index in [9.17, 15) is 39.2 Å². The molecule has 0 aromatic rings. The number of rotatable bonds is 4. The molecule has 5 nitrogen and oxygen atoms in total. The molecule has 0 aromatic heterocycles. The standard InChI is InChI=1S/C15H16F7NO4S/c16-13(14(17,18)19,15(20,21)22)5-8-28(24,25)11(9-23)10-1-3-12(4-2-10)26-6-7-27-12/h1-8H2. The molecule has 0 radical (unpaired) electrons. The summed E-state index contributed by atoms with van der Waals surface area (Å²) in [6.45, 7) is 0.659. The number of halogens is 7. The van der Waals surface area contributed by atoms with Crippen LogP contribution < -0.4 is 0 Å². The van der Waals surface area contributed by atoms with E-state index in [1.807, 2.05) is 0 Å². The van der Waals surface area contributed by atoms with E-state index in [1.54, 1.807) is 0 Å². The van der Waals surface area contributed by atoms with E-state index in [2.05, 4.69) is 0 Å². The van der Waals surface area contributed by atoms with Gasteiger partial charge in [0.05, 0.1) is 19.0 Å². The van der Waals surface area contributed by atoms with Gasteiger partial charge in [-0.05, 0) is 18.4 Å². The van der Waals surface area contributed by atoms with Crippen molar-refractivity contribution in [3.05, 3.63) is 10.5 Å². The predicted octanol–water partition coefficient (Wildman–Crippen LogP) is 3.72. The van der Waals surface area contributed by atoms with Gasteiger partial charge in [0, 0.05) is 19.3 Å². The van der Waals surface area contributed by atoms with Crippen molar-refractivity contribution in [2.24, 2.45) is 0 Å². The van der Waals surface area contributed by atoms with Gasteiger partial charge in [-0.3, -0.25) is 0 Å². The first-order valence-corrected chi connectivity index (χ1v) is 9.78. The molecule has 0 aromatic carbocycles. The summed E-state index contributed by atoms with van der Waals surface area (Å²) in [4.78, 5) is -0.924. The average molecular weight is 439 g/mol. The summed E-state index contributed by atoms with van der Waals surface area (Å²) < 4.78 is 125. The number of alkyl halides is 7. The van der Waals surface area contributed by atoms with Crippen LogP contribution in [0.4, 0.5) is 30.7 Å². The van der Waals surface area contributed by atoms with Gasteiger partial charge in [-0.1, -0.05) is 0 Å². The summed E-state index contributed by atoms with van der Waals surface area (Å²) in [7, 11) is -4.86. The van der Waals surface area contributed by atoms with E-state index in [0.29, 0.717) is 13.2 Å². The van der Waals surface area contributed by atoms with Crippen molar-refractivity contribution in [3.63, 3.8) is 0 Å². The van der Waals surface area contributed by atoms with Crippen LogP contribution in [0.25, 0.3) is 0 Å². The Hall–Kier alpha value is -1.39. The van der Waals surface area contributed by atoms with Crippen LogP contribution in [0.2, 0.25) is 0 Å². The highest BCUT2D eigenvalue weighted by molar-refractivity contribution is 7.95. The van der Waals surface area contributed by atoms with Crippen molar-refractivity contribution in [2.75, 3.05) is 19.0 Å². The summed E-state index contributed by atoms with van der Waals surface area (Å²) in [5.41, 5.74) is -5.64. The first-order valence-electron chi connectivity index (χ1n) is 8.13. The third kappa shape index (κ3) is 4.28. The van der Waals surface area contributed by atoms with E-state index < -0.39 is 50.7 Å². The molecular weight excluding hydrogens is 423 g/mol. The topological polar surface area (TPSA) is 76.4 Å². The summed E-state index contributed by atoms with van der Waals surface area (Å²) in [5, 5.41) is 9.13. The second-order valence-electron chi connectivity index (χ2n) is 6.52. The molecule has 1 saturated carbocycles. The lowest BCUT2D eigenvalue weighted by Gasteiger charge is -2.33. The average Bonchev–Trinajstić information content (AvgIpc) is 3.01. The predicted molar refractivity (Wildman–Crippen MR) is 80.1 cm³/mol. The fraction of sp³-hybridized carbons (Fsp3) is 0.800. The van der Waals surface area contributed by atoms with Crippen LogP contribution in [0.1, 0.15) is 32.1 Å². The molecule has 1 spiro atoms. The van der Waals surface area contributed by atoms with Gasteiger partial charge in [-0.25, -0.2) is 12.8 Å². The van der Waals surface area contributed by atoms with E-state index in [4.69, 9.17) is 14.7 Å². The maximum atomic E-state index is 13.7. The smallest absolute Gasteiger partial charge is 0.348 e. The minimum Gasteiger partial charge on any atom is -0.348 e. The van der Waals surface area contributed by atoms with Gasteiger partial charge >= 0.3 is 12.4 Å². The minimum atomic E-state index is -6.35. The maximum Gasteiger partial charge on any atom is 0.431 e. The highest BCUT2D eigenvalue weighted by Crippen LogP contribution is 2.49. The fourth-order valence-corrected chi connectivity index (χ4v) is 4.67. The van der Waals surface area contributed by atoms with Gasteiger partial charge < -0.3 is 9.47 Å². The Bertz CT molecular complexity index is 748. The van der Waals surface area contributed by atoms with Gasteiger partial charge in [0.15, 0.2) is 15.6 Å². The summed E-state index contributed by atoms with van der Waals surface area (Å²) in [6.07, 6.45) is -14.7. The highest BCUT2D eigenvalue weighted by atomic mass is 32.2. The molecule has 0 bridgehead atoms. The first kappa shape index (κ1) is 22.9. The number of sulfone groups is 1. The first-order chi connectivity index (χ1) is 12.7. The monoisotopic (exact) mass is 439 g/mol. The van der Waals surface area contributed by atoms with Crippen molar-refractivity contribution in [1.29, 1.82) is 5.26 Å². The summed E-state index contributed by atoms with van der Waals surface area (Å²) in [5.74, 6) is -2.73. The molecule has 0 N–H and O–H groups in total. The number of hydrogen-bond acceptors (Lipinski definition) is 5. The van der Waals surface area contributed by atoms with Crippen LogP contribution in [-0.4, -0.2) is 51.2 Å². The summed E-state index contributed by atoms with van der Waals surface area (Å²) in [6, 6.07) is 1.33. The molecule has 0 amide bonds. The molecule has 160 valence electrons. The Balaban J connectivity index is 2.21. The molecule has 28 heavy (non-hydrogen) atoms. The third-order valence-corrected chi connectivity index (χ3v) is 6.52. The van der Waals surface area contributed by atoms with Gasteiger partial charge in [-0.2, -0.15) is 31.6 Å². The van der Waals surface area contributed by atoms with Crippen molar-refractivity contribution in [1.82, 2.24) is 0 Å². The van der Waals surface area contributed by atoms with Crippen molar-refractivity contribution < 1.29 is 48.6 Å². The zero-order valence-corrected chi connectivity index (χ0v) is 15.1. The molecule has 1 aliphatic carbocycles. The van der Waals surface area contributed by atoms with E-state index in [-0.39, 0.29) is 31.3 Å². The lowest BCUT2D eigenvalue weighted by molar-refractivity contribution is -0.341. The zero-order valence-electron chi connectivity index (χ0n) is 14.3. The summed E-state index contributed by atoms with van der Waals surface area (Å²) >= 11 is 0. The Labute approximate surface area is 156 Å². The van der Waals surface area contributed by atoms with Gasteiger partial charge in [0.2, 0.25) is 0 Å². The SMILES string of the molecule is N#CC(=C1CCC2(CC1)OCCO2)S(=O)(=O)CCC(F)(C(F)(F)F)C(F)(F)F. The molecule has 2 fully saturated rings. The number of nitrogens with zero attached hydrogens (tertiary/aromatic N) is 1. The van der Waals surface area contributed by atoms with Crippen molar-refractivity contribution in [3.8, 4) is 6.07 Å². The van der Waals surface area contributed by atoms with Crippen LogP contribution in [0.3, 0.4) is 0 Å². The number of hydrogen-bond donors (Lipinski definition) is 0. The van der Waals surface area contributed by atoms with Crippen LogP contribution in [0.5, 0.6) is 0 Å². The van der Waals surface area contributed by atoms with Crippen molar-refractivity contribution in [2.45, 2.75) is 55.9 Å². The zero-order chi connectivity index (χ0) is 21.4. The molecule has 1 saturated heterocycles. The Morgan fingerprint density at radius 3 is 1.86 bits per heavy atom. The normalized spacial score (nSPS) is 21.0. The molecule has 13 heteroatoms. The van der Waals surface area contributed by atoms with Crippen LogP contribution in [-0.2, 0) is 19.3 Å². The molecule has 2 rings (SSSR count). The Kier molecular flexibility index (Phi) is 6.10. The number of ether oxygens (including phenoxy) is 2. The maximum absolute atomic E-state index is 13.7. The quantitative estimate of drug-likeness (QED) is 0.493. The van der Waals surface area contributed by atoms with E-state index >= 15 is 0 Å². The molecule has 0 atom stereocenters. The lowest BCUT2D eigenvalue weighted by Crippen LogP contribution is -2.54. The fourth-order valence-electron chi connectivity index (χ4n) is 3.14. The van der Waals surface area contributed by atoms with Gasteiger partial charge in [0.25, 0.3) is 5.67 Å². The van der Waals surface area contributed by atoms with E-state index in [0.717, 1.165) is 0 Å². The third-order valence-electron chi connectivity index (χ3n) is 4.78. The largest absolute Gasteiger partial charge is 0.431 e. The number of allylic oxidation sites excluding steroid dienone is 2. The second kappa shape index (κ2) is 7.46. The molecule has 0 unspecified atom stereocenters. The Morgan fingerprint density at radius 2 is 1.46 bits per heavy atom. The lowest BCUT2D eigenvalue weighted by atomic mass is 9.89. The van der Waals surface area contributed by atoms with E-state index in [1.165, 1.54) is 6.07 Å². The second-order valence-corrected chi connectivity index (χ2v) is 8.56. The van der Waals surface area contributed by atoms with Crippen LogP contribution in [0.15, 0.2) is 10.5 Å².